The van der Waals surface area contributed by atoms with E-state index in [0.717, 1.165) is 29.7 Å². The average Bonchev–Trinajstić information content (AvgIpc) is 2.28. The Kier molecular flexibility index (Phi) is 5.46. The van der Waals surface area contributed by atoms with Gasteiger partial charge in [-0.05, 0) is 45.3 Å². The van der Waals surface area contributed by atoms with Crippen molar-refractivity contribution < 1.29 is 0 Å². The molecule has 0 saturated heterocycles. The van der Waals surface area contributed by atoms with Gasteiger partial charge in [0.2, 0.25) is 0 Å². The lowest BCUT2D eigenvalue weighted by atomic mass is 10.2. The molecule has 0 radical (unpaired) electrons. The smallest absolute Gasteiger partial charge is 0.101 e. The number of nitrogens with zero attached hydrogens (tertiary/aromatic N) is 3. The van der Waals surface area contributed by atoms with Gasteiger partial charge in [0.15, 0.2) is 0 Å². The number of nitriles is 1. The first-order chi connectivity index (χ1) is 8.04. The summed E-state index contributed by atoms with van der Waals surface area (Å²) in [6, 6.07) is 8.05. The van der Waals surface area contributed by atoms with Crippen LogP contribution in [0.25, 0.3) is 0 Å². The zero-order chi connectivity index (χ0) is 12.8. The number of halogens is 1. The summed E-state index contributed by atoms with van der Waals surface area (Å²) in [6.07, 6.45) is 1.09. The molecule has 0 saturated carbocycles. The van der Waals surface area contributed by atoms with Gasteiger partial charge in [0.1, 0.15) is 6.07 Å². The third kappa shape index (κ3) is 4.37. The molecule has 1 rings (SSSR count). The fraction of sp³-hybridized carbons (Fsp3) is 0.462. The molecule has 3 nitrogen and oxygen atoms in total. The number of hydrogen-bond acceptors (Lipinski definition) is 3. The maximum Gasteiger partial charge on any atom is 0.101 e. The van der Waals surface area contributed by atoms with Crippen LogP contribution in [0.1, 0.15) is 12.0 Å². The minimum absolute atomic E-state index is 0.715. The summed E-state index contributed by atoms with van der Waals surface area (Å²) >= 11 is 3.38. The summed E-state index contributed by atoms with van der Waals surface area (Å²) in [5, 5.41) is 9.10. The van der Waals surface area contributed by atoms with Crippen LogP contribution in [-0.4, -0.2) is 39.1 Å². The van der Waals surface area contributed by atoms with Gasteiger partial charge >= 0.3 is 0 Å². The molecule has 0 aromatic heterocycles. The first-order valence-electron chi connectivity index (χ1n) is 5.60. The Morgan fingerprint density at radius 1 is 1.24 bits per heavy atom. The average molecular weight is 296 g/mol. The zero-order valence-corrected chi connectivity index (χ0v) is 12.2. The third-order valence-corrected chi connectivity index (χ3v) is 3.08. The molecule has 0 atom stereocenters. The van der Waals surface area contributed by atoms with Gasteiger partial charge < -0.3 is 9.80 Å². The van der Waals surface area contributed by atoms with Gasteiger partial charge in [-0.2, -0.15) is 5.26 Å². The fourth-order valence-corrected chi connectivity index (χ4v) is 2.04. The minimum atomic E-state index is 0.715. The molecule has 0 unspecified atom stereocenters. The largest absolute Gasteiger partial charge is 0.373 e. The van der Waals surface area contributed by atoms with Crippen LogP contribution in [0.4, 0.5) is 5.69 Å². The van der Waals surface area contributed by atoms with Crippen LogP contribution >= 0.6 is 15.9 Å². The molecule has 0 bridgehead atoms. The van der Waals surface area contributed by atoms with E-state index < -0.39 is 0 Å². The molecular formula is C13H18BrN3. The van der Waals surface area contributed by atoms with Gasteiger partial charge in [-0.3, -0.25) is 0 Å². The Morgan fingerprint density at radius 3 is 2.53 bits per heavy atom. The quantitative estimate of drug-likeness (QED) is 0.837. The predicted molar refractivity (Wildman–Crippen MR) is 75.3 cm³/mol. The van der Waals surface area contributed by atoms with Crippen molar-refractivity contribution in [3.63, 3.8) is 0 Å². The molecule has 17 heavy (non-hydrogen) atoms. The molecule has 0 fully saturated rings. The lowest BCUT2D eigenvalue weighted by Gasteiger charge is -2.21. The second-order valence-corrected chi connectivity index (χ2v) is 5.27. The maximum absolute atomic E-state index is 9.10. The van der Waals surface area contributed by atoms with Gasteiger partial charge in [-0.15, -0.1) is 0 Å². The molecule has 0 amide bonds. The van der Waals surface area contributed by atoms with Crippen molar-refractivity contribution in [3.8, 4) is 6.07 Å². The summed E-state index contributed by atoms with van der Waals surface area (Å²) < 4.78 is 0.944. The van der Waals surface area contributed by atoms with E-state index in [0.29, 0.717) is 5.56 Å². The number of benzene rings is 1. The van der Waals surface area contributed by atoms with Crippen molar-refractivity contribution in [2.75, 3.05) is 39.1 Å². The highest BCUT2D eigenvalue weighted by Gasteiger charge is 2.07. The third-order valence-electron chi connectivity index (χ3n) is 2.59. The minimum Gasteiger partial charge on any atom is -0.373 e. The van der Waals surface area contributed by atoms with E-state index in [9.17, 15) is 0 Å². The Hall–Kier alpha value is -1.05. The number of anilines is 1. The fourth-order valence-electron chi connectivity index (χ4n) is 1.68. The van der Waals surface area contributed by atoms with E-state index in [1.165, 1.54) is 0 Å². The molecule has 0 aliphatic rings. The van der Waals surface area contributed by atoms with Gasteiger partial charge in [0, 0.05) is 18.1 Å². The Labute approximate surface area is 112 Å². The summed E-state index contributed by atoms with van der Waals surface area (Å²) in [5.41, 5.74) is 1.71. The lowest BCUT2D eigenvalue weighted by molar-refractivity contribution is 0.401. The van der Waals surface area contributed by atoms with E-state index in [1.807, 2.05) is 25.2 Å². The normalized spacial score (nSPS) is 10.4. The SMILES string of the molecule is CN(C)CCCN(C)c1ccc(Br)cc1C#N. The zero-order valence-electron chi connectivity index (χ0n) is 10.6. The first kappa shape index (κ1) is 14.0. The summed E-state index contributed by atoms with van der Waals surface area (Å²) in [6.45, 7) is 2.01. The van der Waals surface area contributed by atoms with Gasteiger partial charge in [-0.1, -0.05) is 15.9 Å². The van der Waals surface area contributed by atoms with Crippen molar-refractivity contribution in [2.45, 2.75) is 6.42 Å². The standard InChI is InChI=1S/C13H18BrN3/c1-16(2)7-4-8-17(3)13-6-5-12(14)9-11(13)10-15/h5-6,9H,4,7-8H2,1-3H3. The molecule has 0 heterocycles. The number of rotatable bonds is 5. The van der Waals surface area contributed by atoms with E-state index in [-0.39, 0.29) is 0 Å². The van der Waals surface area contributed by atoms with Gasteiger partial charge in [-0.25, -0.2) is 0 Å². The second kappa shape index (κ2) is 6.63. The Morgan fingerprint density at radius 2 is 1.94 bits per heavy atom. The summed E-state index contributed by atoms with van der Waals surface area (Å²) in [5.74, 6) is 0. The summed E-state index contributed by atoms with van der Waals surface area (Å²) in [7, 11) is 6.17. The molecule has 1 aromatic rings. The highest BCUT2D eigenvalue weighted by Crippen LogP contribution is 2.23. The van der Waals surface area contributed by atoms with Crippen LogP contribution in [0.2, 0.25) is 0 Å². The van der Waals surface area contributed by atoms with Crippen LogP contribution in [0.15, 0.2) is 22.7 Å². The monoisotopic (exact) mass is 295 g/mol. The maximum atomic E-state index is 9.10. The van der Waals surface area contributed by atoms with Crippen molar-refractivity contribution in [1.29, 1.82) is 5.26 Å². The molecule has 92 valence electrons. The van der Waals surface area contributed by atoms with Gasteiger partial charge in [0.05, 0.1) is 11.3 Å². The van der Waals surface area contributed by atoms with Crippen LogP contribution in [-0.2, 0) is 0 Å². The van der Waals surface area contributed by atoms with Crippen LogP contribution in [0, 0.1) is 11.3 Å². The van der Waals surface area contributed by atoms with E-state index in [4.69, 9.17) is 5.26 Å². The molecule has 4 heteroatoms. The molecule has 0 N–H and O–H groups in total. The molecule has 1 aromatic carbocycles. The molecule has 0 aliphatic heterocycles. The highest BCUT2D eigenvalue weighted by atomic mass is 79.9. The predicted octanol–water partition coefficient (Wildman–Crippen LogP) is 2.71. The number of hydrogen-bond donors (Lipinski definition) is 0. The molecule has 0 spiro atoms. The van der Waals surface area contributed by atoms with Crippen molar-refractivity contribution in [1.82, 2.24) is 4.90 Å². The van der Waals surface area contributed by atoms with E-state index >= 15 is 0 Å². The molecule has 0 aliphatic carbocycles. The summed E-state index contributed by atoms with van der Waals surface area (Å²) in [4.78, 5) is 4.30. The van der Waals surface area contributed by atoms with Gasteiger partial charge in [0.25, 0.3) is 0 Å². The topological polar surface area (TPSA) is 30.3 Å². The lowest BCUT2D eigenvalue weighted by Crippen LogP contribution is -2.23. The van der Waals surface area contributed by atoms with Crippen molar-refractivity contribution in [3.05, 3.63) is 28.2 Å². The van der Waals surface area contributed by atoms with Crippen LogP contribution < -0.4 is 4.90 Å². The second-order valence-electron chi connectivity index (χ2n) is 4.35. The Bertz CT molecular complexity index is 410. The van der Waals surface area contributed by atoms with E-state index in [1.54, 1.807) is 0 Å². The van der Waals surface area contributed by atoms with Crippen molar-refractivity contribution >= 4 is 21.6 Å². The van der Waals surface area contributed by atoms with Crippen LogP contribution in [0.3, 0.4) is 0 Å². The Balaban J connectivity index is 2.69. The first-order valence-corrected chi connectivity index (χ1v) is 6.39. The molecular weight excluding hydrogens is 278 g/mol. The van der Waals surface area contributed by atoms with Crippen LogP contribution in [0.5, 0.6) is 0 Å². The van der Waals surface area contributed by atoms with Crippen molar-refractivity contribution in [2.24, 2.45) is 0 Å². The highest BCUT2D eigenvalue weighted by molar-refractivity contribution is 9.10. The van der Waals surface area contributed by atoms with E-state index in [2.05, 4.69) is 45.9 Å².